The van der Waals surface area contributed by atoms with E-state index in [0.29, 0.717) is 35.3 Å². The Hall–Kier alpha value is -2.58. The molecule has 2 aromatic carbocycles. The van der Waals surface area contributed by atoms with Crippen LogP contribution < -0.4 is 14.8 Å². The molecule has 0 bridgehead atoms. The first-order valence-corrected chi connectivity index (χ1v) is 11.5. The van der Waals surface area contributed by atoms with E-state index < -0.39 is 10.0 Å². The molecule has 7 nitrogen and oxygen atoms in total. The number of nitrogens with one attached hydrogen (secondary N) is 2. The van der Waals surface area contributed by atoms with E-state index >= 15 is 0 Å². The van der Waals surface area contributed by atoms with Crippen molar-refractivity contribution in [1.29, 1.82) is 0 Å². The average Bonchev–Trinajstić information content (AvgIpc) is 2.96. The SMILES string of the molecule is Cc1cc(Cl)ccc1OCC(=O)Nc1ccc(S(=O)(=O)NC2=NCCCCC2)cc1. The second-order valence-electron chi connectivity index (χ2n) is 7.02. The highest BCUT2D eigenvalue weighted by Gasteiger charge is 2.17. The van der Waals surface area contributed by atoms with Crippen LogP contribution in [0.25, 0.3) is 0 Å². The van der Waals surface area contributed by atoms with E-state index in [1.165, 1.54) is 24.3 Å². The van der Waals surface area contributed by atoms with Crippen molar-refractivity contribution in [2.45, 2.75) is 37.5 Å². The maximum absolute atomic E-state index is 12.6. The standard InChI is InChI=1S/C21H24ClN3O4S/c1-15-13-16(22)6-11-19(15)29-14-21(26)24-17-7-9-18(10-8-17)30(27,28)25-20-5-3-2-4-12-23-20/h6-11,13H,2-5,12,14H2,1H3,(H,23,25)(H,24,26). The van der Waals surface area contributed by atoms with Gasteiger partial charge in [-0.05, 0) is 67.8 Å². The van der Waals surface area contributed by atoms with Crippen LogP contribution in [0.1, 0.15) is 31.2 Å². The first-order chi connectivity index (χ1) is 14.3. The molecular formula is C21H24ClN3O4S. The van der Waals surface area contributed by atoms with Gasteiger partial charge in [-0.2, -0.15) is 0 Å². The molecule has 0 aromatic heterocycles. The van der Waals surface area contributed by atoms with Crippen molar-refractivity contribution in [2.24, 2.45) is 4.99 Å². The molecule has 30 heavy (non-hydrogen) atoms. The fourth-order valence-electron chi connectivity index (χ4n) is 3.00. The van der Waals surface area contributed by atoms with Gasteiger partial charge in [-0.25, -0.2) is 8.42 Å². The molecular weight excluding hydrogens is 426 g/mol. The maximum atomic E-state index is 12.6. The monoisotopic (exact) mass is 449 g/mol. The largest absolute Gasteiger partial charge is 0.483 e. The van der Waals surface area contributed by atoms with Crippen LogP contribution in [-0.4, -0.2) is 33.3 Å². The van der Waals surface area contributed by atoms with Gasteiger partial charge in [-0.15, -0.1) is 0 Å². The summed E-state index contributed by atoms with van der Waals surface area (Å²) in [4.78, 5) is 16.5. The fraction of sp³-hybridized carbons (Fsp3) is 0.333. The quantitative estimate of drug-likeness (QED) is 0.698. The summed E-state index contributed by atoms with van der Waals surface area (Å²) in [5.74, 6) is 0.717. The topological polar surface area (TPSA) is 96.9 Å². The Morgan fingerprint density at radius 1 is 1.13 bits per heavy atom. The Bertz CT molecular complexity index is 1040. The van der Waals surface area contributed by atoms with E-state index in [0.717, 1.165) is 24.8 Å². The van der Waals surface area contributed by atoms with Crippen molar-refractivity contribution in [3.05, 3.63) is 53.1 Å². The number of sulfonamides is 1. The summed E-state index contributed by atoms with van der Waals surface area (Å²) in [7, 11) is -3.70. The van der Waals surface area contributed by atoms with Gasteiger partial charge >= 0.3 is 0 Å². The van der Waals surface area contributed by atoms with E-state index in [4.69, 9.17) is 16.3 Å². The molecule has 0 radical (unpaired) electrons. The second kappa shape index (κ2) is 9.95. The Labute approximate surface area is 181 Å². The highest BCUT2D eigenvalue weighted by molar-refractivity contribution is 7.90. The first kappa shape index (κ1) is 22.1. The van der Waals surface area contributed by atoms with Crippen LogP contribution >= 0.6 is 11.6 Å². The summed E-state index contributed by atoms with van der Waals surface area (Å²) < 4.78 is 33.2. The molecule has 0 saturated carbocycles. The summed E-state index contributed by atoms with van der Waals surface area (Å²) in [6.45, 7) is 2.30. The number of aryl methyl sites for hydroxylation is 1. The number of carbonyl (C=O) groups excluding carboxylic acids is 1. The van der Waals surface area contributed by atoms with Crippen LogP contribution in [0.3, 0.4) is 0 Å². The molecule has 0 spiro atoms. The zero-order valence-electron chi connectivity index (χ0n) is 16.7. The van der Waals surface area contributed by atoms with Crippen molar-refractivity contribution < 1.29 is 17.9 Å². The Morgan fingerprint density at radius 2 is 1.90 bits per heavy atom. The van der Waals surface area contributed by atoms with E-state index in [1.54, 1.807) is 18.2 Å². The number of halogens is 1. The van der Waals surface area contributed by atoms with Crippen molar-refractivity contribution in [2.75, 3.05) is 18.5 Å². The maximum Gasteiger partial charge on any atom is 0.262 e. The van der Waals surface area contributed by atoms with Crippen LogP contribution in [0.2, 0.25) is 5.02 Å². The van der Waals surface area contributed by atoms with Crippen LogP contribution in [-0.2, 0) is 14.8 Å². The van der Waals surface area contributed by atoms with Crippen molar-refractivity contribution in [1.82, 2.24) is 4.72 Å². The molecule has 1 aliphatic heterocycles. The summed E-state index contributed by atoms with van der Waals surface area (Å²) in [6.07, 6.45) is 3.57. The molecule has 2 aromatic rings. The summed E-state index contributed by atoms with van der Waals surface area (Å²) in [5, 5.41) is 3.28. The lowest BCUT2D eigenvalue weighted by Gasteiger charge is -2.11. The number of ether oxygens (including phenoxy) is 1. The minimum atomic E-state index is -3.70. The highest BCUT2D eigenvalue weighted by atomic mass is 35.5. The number of benzene rings is 2. The van der Waals surface area contributed by atoms with Crippen molar-refractivity contribution in [3.63, 3.8) is 0 Å². The van der Waals surface area contributed by atoms with Crippen LogP contribution in [0, 0.1) is 6.92 Å². The average molecular weight is 450 g/mol. The lowest BCUT2D eigenvalue weighted by atomic mass is 10.2. The van der Waals surface area contributed by atoms with Crippen LogP contribution in [0.15, 0.2) is 52.4 Å². The number of carbonyl (C=O) groups is 1. The number of amides is 1. The summed E-state index contributed by atoms with van der Waals surface area (Å²) in [5.41, 5.74) is 1.30. The molecule has 9 heteroatoms. The summed E-state index contributed by atoms with van der Waals surface area (Å²) >= 11 is 5.90. The normalized spacial score (nSPS) is 14.4. The molecule has 0 aliphatic carbocycles. The predicted octanol–water partition coefficient (Wildman–Crippen LogP) is 3.92. The van der Waals surface area contributed by atoms with Gasteiger partial charge in [-0.1, -0.05) is 18.0 Å². The number of anilines is 1. The van der Waals surface area contributed by atoms with E-state index in [2.05, 4.69) is 15.0 Å². The van der Waals surface area contributed by atoms with Crippen molar-refractivity contribution in [3.8, 4) is 5.75 Å². The zero-order valence-corrected chi connectivity index (χ0v) is 18.2. The Morgan fingerprint density at radius 3 is 2.63 bits per heavy atom. The smallest absolute Gasteiger partial charge is 0.262 e. The molecule has 160 valence electrons. The van der Waals surface area contributed by atoms with Gasteiger partial charge in [0.15, 0.2) is 6.61 Å². The third-order valence-electron chi connectivity index (χ3n) is 4.57. The predicted molar refractivity (Wildman–Crippen MR) is 118 cm³/mol. The number of aliphatic imine (C=N–C) groups is 1. The third kappa shape index (κ3) is 6.21. The lowest BCUT2D eigenvalue weighted by molar-refractivity contribution is -0.118. The minimum Gasteiger partial charge on any atom is -0.483 e. The van der Waals surface area contributed by atoms with Gasteiger partial charge in [0.25, 0.3) is 15.9 Å². The van der Waals surface area contributed by atoms with Gasteiger partial charge in [0.05, 0.1) is 4.90 Å². The van der Waals surface area contributed by atoms with Gasteiger partial charge < -0.3 is 10.1 Å². The molecule has 1 aliphatic rings. The molecule has 1 heterocycles. The second-order valence-corrected chi connectivity index (χ2v) is 9.13. The fourth-order valence-corrected chi connectivity index (χ4v) is 4.32. The van der Waals surface area contributed by atoms with Gasteiger partial charge in [-0.3, -0.25) is 14.5 Å². The number of rotatable bonds is 6. The molecule has 0 atom stereocenters. The zero-order chi connectivity index (χ0) is 21.6. The van der Waals surface area contributed by atoms with Crippen LogP contribution in [0.5, 0.6) is 5.75 Å². The molecule has 0 unspecified atom stereocenters. The number of hydrogen-bond donors (Lipinski definition) is 2. The Kier molecular flexibility index (Phi) is 7.33. The summed E-state index contributed by atoms with van der Waals surface area (Å²) in [6, 6.07) is 11.1. The van der Waals surface area contributed by atoms with E-state index in [1.807, 2.05) is 6.92 Å². The lowest BCUT2D eigenvalue weighted by Crippen LogP contribution is -2.30. The molecule has 2 N–H and O–H groups in total. The van der Waals surface area contributed by atoms with Gasteiger partial charge in [0.2, 0.25) is 0 Å². The van der Waals surface area contributed by atoms with Gasteiger partial charge in [0, 0.05) is 23.7 Å². The number of hydrogen-bond acceptors (Lipinski definition) is 5. The van der Waals surface area contributed by atoms with Crippen LogP contribution in [0.4, 0.5) is 5.69 Å². The molecule has 0 saturated heterocycles. The van der Waals surface area contributed by atoms with Crippen molar-refractivity contribution >= 4 is 39.1 Å². The minimum absolute atomic E-state index is 0.112. The number of amidine groups is 1. The highest BCUT2D eigenvalue weighted by Crippen LogP contribution is 2.22. The molecule has 0 fully saturated rings. The number of nitrogens with zero attached hydrogens (tertiary/aromatic N) is 1. The Balaban J connectivity index is 1.56. The van der Waals surface area contributed by atoms with E-state index in [-0.39, 0.29) is 17.4 Å². The van der Waals surface area contributed by atoms with Gasteiger partial charge in [0.1, 0.15) is 11.6 Å². The third-order valence-corrected chi connectivity index (χ3v) is 6.20. The molecule has 3 rings (SSSR count). The molecule has 1 amide bonds. The van der Waals surface area contributed by atoms with E-state index in [9.17, 15) is 13.2 Å². The first-order valence-electron chi connectivity index (χ1n) is 9.68.